The molecule has 2 heterocycles. The molecule has 0 atom stereocenters. The van der Waals surface area contributed by atoms with Crippen molar-refractivity contribution >= 4 is 17.4 Å². The molecule has 0 aliphatic carbocycles. The third-order valence-corrected chi connectivity index (χ3v) is 3.90. The molecule has 1 N–H and O–H groups in total. The molecule has 0 bridgehead atoms. The minimum Gasteiger partial charge on any atom is -0.444 e. The quantitative estimate of drug-likeness (QED) is 0.764. The van der Waals surface area contributed by atoms with Gasteiger partial charge in [-0.05, 0) is 32.4 Å². The number of carbonyl (C=O) groups is 1. The van der Waals surface area contributed by atoms with Crippen LogP contribution in [0.4, 0.5) is 10.6 Å². The minimum atomic E-state index is -0.506. The predicted octanol–water partition coefficient (Wildman–Crippen LogP) is 3.49. The number of alkyl carbamates (subject to hydrolysis) is 1. The summed E-state index contributed by atoms with van der Waals surface area (Å²) in [4.78, 5) is 18.5. The zero-order valence-electron chi connectivity index (χ0n) is 16.4. The first kappa shape index (κ1) is 18.7. The standard InChI is InChI=1S/C20H25N5O2/c1-20(2,3)27-19(26)21-12-14-6-8-15(9-7-14)18-16-10-11-22-25(16)13-17(23-18)24(4)5/h6-11,13H,12H2,1-5H3,(H,21,26). The van der Waals surface area contributed by atoms with Gasteiger partial charge in [0, 0.05) is 26.2 Å². The number of nitrogens with zero attached hydrogens (tertiary/aromatic N) is 4. The van der Waals surface area contributed by atoms with Gasteiger partial charge in [0.15, 0.2) is 0 Å². The summed E-state index contributed by atoms with van der Waals surface area (Å²) in [5.41, 5.74) is 3.28. The summed E-state index contributed by atoms with van der Waals surface area (Å²) in [5.74, 6) is 0.830. The number of nitrogens with one attached hydrogen (secondary N) is 1. The maximum Gasteiger partial charge on any atom is 0.407 e. The van der Waals surface area contributed by atoms with Crippen molar-refractivity contribution in [1.29, 1.82) is 0 Å². The minimum absolute atomic E-state index is 0.405. The highest BCUT2D eigenvalue weighted by atomic mass is 16.6. The average Bonchev–Trinajstić information content (AvgIpc) is 3.06. The van der Waals surface area contributed by atoms with Crippen LogP contribution in [0.15, 0.2) is 42.7 Å². The first-order valence-corrected chi connectivity index (χ1v) is 8.81. The number of aromatic nitrogens is 3. The van der Waals surface area contributed by atoms with Crippen molar-refractivity contribution in [1.82, 2.24) is 19.9 Å². The molecule has 7 nitrogen and oxygen atoms in total. The Morgan fingerprint density at radius 3 is 2.52 bits per heavy atom. The number of anilines is 1. The molecule has 3 aromatic rings. The van der Waals surface area contributed by atoms with Crippen LogP contribution in [-0.4, -0.2) is 40.4 Å². The van der Waals surface area contributed by atoms with Crippen molar-refractivity contribution in [3.8, 4) is 11.3 Å². The van der Waals surface area contributed by atoms with Gasteiger partial charge in [0.2, 0.25) is 0 Å². The topological polar surface area (TPSA) is 71.8 Å². The number of amides is 1. The fourth-order valence-electron chi connectivity index (χ4n) is 2.61. The molecule has 1 aromatic carbocycles. The Morgan fingerprint density at radius 1 is 1.19 bits per heavy atom. The highest BCUT2D eigenvalue weighted by Gasteiger charge is 2.16. The van der Waals surface area contributed by atoms with E-state index in [2.05, 4.69) is 10.4 Å². The molecule has 0 aliphatic heterocycles. The molecule has 0 saturated carbocycles. The Kier molecular flexibility index (Phi) is 5.03. The fourth-order valence-corrected chi connectivity index (χ4v) is 2.61. The van der Waals surface area contributed by atoms with Crippen LogP contribution in [0.25, 0.3) is 16.8 Å². The number of fused-ring (bicyclic) bond motifs is 1. The molecule has 27 heavy (non-hydrogen) atoms. The van der Waals surface area contributed by atoms with E-state index in [9.17, 15) is 4.79 Å². The molecule has 2 aromatic heterocycles. The first-order valence-electron chi connectivity index (χ1n) is 8.81. The average molecular weight is 367 g/mol. The van der Waals surface area contributed by atoms with Crippen LogP contribution in [0.1, 0.15) is 26.3 Å². The summed E-state index contributed by atoms with van der Waals surface area (Å²) < 4.78 is 7.08. The summed E-state index contributed by atoms with van der Waals surface area (Å²) in [6.45, 7) is 5.93. The lowest BCUT2D eigenvalue weighted by molar-refractivity contribution is 0.0523. The molecule has 0 spiro atoms. The number of hydrogen-bond donors (Lipinski definition) is 1. The molecule has 7 heteroatoms. The third-order valence-electron chi connectivity index (χ3n) is 3.90. The third kappa shape index (κ3) is 4.55. The van der Waals surface area contributed by atoms with Crippen molar-refractivity contribution in [3.05, 3.63) is 48.3 Å². The van der Waals surface area contributed by atoms with Crippen LogP contribution in [0.3, 0.4) is 0 Å². The molecule has 0 unspecified atom stereocenters. The van der Waals surface area contributed by atoms with Crippen LogP contribution in [-0.2, 0) is 11.3 Å². The monoisotopic (exact) mass is 367 g/mol. The van der Waals surface area contributed by atoms with E-state index < -0.39 is 11.7 Å². The van der Waals surface area contributed by atoms with Gasteiger partial charge in [-0.3, -0.25) is 0 Å². The summed E-state index contributed by atoms with van der Waals surface area (Å²) in [6, 6.07) is 9.90. The molecule has 0 fully saturated rings. The Balaban J connectivity index is 1.79. The number of benzene rings is 1. The number of rotatable bonds is 4. The van der Waals surface area contributed by atoms with E-state index >= 15 is 0 Å². The molecule has 142 valence electrons. The van der Waals surface area contributed by atoms with E-state index in [1.807, 2.05) is 80.8 Å². The highest BCUT2D eigenvalue weighted by molar-refractivity contribution is 5.78. The van der Waals surface area contributed by atoms with E-state index in [0.717, 1.165) is 28.2 Å². The van der Waals surface area contributed by atoms with Crippen molar-refractivity contribution in [2.75, 3.05) is 19.0 Å². The van der Waals surface area contributed by atoms with Gasteiger partial charge in [-0.15, -0.1) is 0 Å². The lowest BCUT2D eigenvalue weighted by atomic mass is 10.1. The smallest absolute Gasteiger partial charge is 0.407 e. The summed E-state index contributed by atoms with van der Waals surface area (Å²) >= 11 is 0. The predicted molar refractivity (Wildman–Crippen MR) is 106 cm³/mol. The Labute approximate surface area is 159 Å². The van der Waals surface area contributed by atoms with Gasteiger partial charge in [0.05, 0.1) is 23.6 Å². The van der Waals surface area contributed by atoms with Crippen LogP contribution in [0.2, 0.25) is 0 Å². The lowest BCUT2D eigenvalue weighted by Crippen LogP contribution is -2.32. The van der Waals surface area contributed by atoms with Crippen LogP contribution >= 0.6 is 0 Å². The zero-order valence-corrected chi connectivity index (χ0v) is 16.4. The van der Waals surface area contributed by atoms with Gasteiger partial charge in [-0.2, -0.15) is 5.10 Å². The molecule has 0 aliphatic rings. The van der Waals surface area contributed by atoms with Gasteiger partial charge < -0.3 is 15.0 Å². The number of carbonyl (C=O) groups excluding carboxylic acids is 1. The zero-order chi connectivity index (χ0) is 19.6. The van der Waals surface area contributed by atoms with Gasteiger partial charge in [-0.1, -0.05) is 24.3 Å². The van der Waals surface area contributed by atoms with Crippen LogP contribution in [0, 0.1) is 0 Å². The fraction of sp³-hybridized carbons (Fsp3) is 0.350. The van der Waals surface area contributed by atoms with Gasteiger partial charge in [0.25, 0.3) is 0 Å². The summed E-state index contributed by atoms with van der Waals surface area (Å²) in [6.07, 6.45) is 3.24. The van der Waals surface area contributed by atoms with Crippen molar-refractivity contribution in [2.45, 2.75) is 32.9 Å². The molecule has 0 saturated heterocycles. The molecule has 3 rings (SSSR count). The van der Waals surface area contributed by atoms with Gasteiger partial charge in [-0.25, -0.2) is 14.3 Å². The second kappa shape index (κ2) is 7.26. The van der Waals surface area contributed by atoms with E-state index in [1.54, 1.807) is 6.20 Å². The van der Waals surface area contributed by atoms with Crippen molar-refractivity contribution in [2.24, 2.45) is 0 Å². The summed E-state index contributed by atoms with van der Waals surface area (Å²) in [5, 5.41) is 7.10. The van der Waals surface area contributed by atoms with Crippen molar-refractivity contribution < 1.29 is 9.53 Å². The maximum atomic E-state index is 11.8. The molecule has 1 amide bonds. The highest BCUT2D eigenvalue weighted by Crippen LogP contribution is 2.25. The number of hydrogen-bond acceptors (Lipinski definition) is 5. The summed E-state index contributed by atoms with van der Waals surface area (Å²) in [7, 11) is 3.90. The normalized spacial score (nSPS) is 11.4. The Hall–Kier alpha value is -3.09. The van der Waals surface area contributed by atoms with E-state index in [0.29, 0.717) is 6.54 Å². The maximum absolute atomic E-state index is 11.8. The SMILES string of the molecule is CN(C)c1cn2nccc2c(-c2ccc(CNC(=O)OC(C)(C)C)cc2)n1. The molecular weight excluding hydrogens is 342 g/mol. The second-order valence-corrected chi connectivity index (χ2v) is 7.56. The largest absolute Gasteiger partial charge is 0.444 e. The number of ether oxygens (including phenoxy) is 1. The lowest BCUT2D eigenvalue weighted by Gasteiger charge is -2.19. The second-order valence-electron chi connectivity index (χ2n) is 7.56. The van der Waals surface area contributed by atoms with E-state index in [-0.39, 0.29) is 0 Å². The Bertz CT molecular complexity index is 939. The van der Waals surface area contributed by atoms with Crippen LogP contribution < -0.4 is 10.2 Å². The van der Waals surface area contributed by atoms with Crippen molar-refractivity contribution in [3.63, 3.8) is 0 Å². The van der Waals surface area contributed by atoms with Gasteiger partial charge in [0.1, 0.15) is 11.4 Å². The molecule has 0 radical (unpaired) electrons. The van der Waals surface area contributed by atoms with Gasteiger partial charge >= 0.3 is 6.09 Å². The van der Waals surface area contributed by atoms with Crippen LogP contribution in [0.5, 0.6) is 0 Å². The molecular formula is C20H25N5O2. The van der Waals surface area contributed by atoms with E-state index in [1.165, 1.54) is 0 Å². The Morgan fingerprint density at radius 2 is 1.89 bits per heavy atom. The van der Waals surface area contributed by atoms with E-state index in [4.69, 9.17) is 9.72 Å². The first-order chi connectivity index (χ1) is 12.7.